The second-order valence-corrected chi connectivity index (χ2v) is 3.23. The molecule has 0 radical (unpaired) electrons. The molecule has 0 saturated heterocycles. The van der Waals surface area contributed by atoms with Crippen molar-refractivity contribution in [3.63, 3.8) is 0 Å². The summed E-state index contributed by atoms with van der Waals surface area (Å²) in [5, 5.41) is 12.7. The first-order chi connectivity index (χ1) is 7.50. The Labute approximate surface area is 92.4 Å². The average molecular weight is 224 g/mol. The van der Waals surface area contributed by atoms with E-state index in [-0.39, 0.29) is 0 Å². The van der Waals surface area contributed by atoms with Gasteiger partial charge in [-0.15, -0.1) is 0 Å². The summed E-state index contributed by atoms with van der Waals surface area (Å²) in [6, 6.07) is 7.07. The summed E-state index contributed by atoms with van der Waals surface area (Å²) in [5.74, 6) is 0. The summed E-state index contributed by atoms with van der Waals surface area (Å²) in [7, 11) is 0. The molecule has 0 aliphatic rings. The Balaban J connectivity index is 2.59. The predicted molar refractivity (Wildman–Crippen MR) is 57.7 cm³/mol. The van der Waals surface area contributed by atoms with Crippen LogP contribution in [-0.4, -0.2) is 17.2 Å². The number of ether oxygens (including phenoxy) is 1. The van der Waals surface area contributed by atoms with Crippen LogP contribution in [0, 0.1) is 17.0 Å². The van der Waals surface area contributed by atoms with Gasteiger partial charge < -0.3 is 4.74 Å². The van der Waals surface area contributed by atoms with Gasteiger partial charge in [0, 0.05) is 12.6 Å². The van der Waals surface area contributed by atoms with Crippen LogP contribution in [0.3, 0.4) is 0 Å². The Morgan fingerprint density at radius 2 is 2.12 bits per heavy atom. The molecule has 16 heavy (non-hydrogen) atoms. The molecule has 0 aliphatic heterocycles. The topological polar surface area (TPSA) is 81.5 Å². The lowest BCUT2D eigenvalue weighted by atomic mass is 10.2. The molecule has 1 unspecified atom stereocenters. The van der Waals surface area contributed by atoms with Crippen LogP contribution >= 0.6 is 0 Å². The number of nitro groups is 1. The van der Waals surface area contributed by atoms with Gasteiger partial charge in [0.1, 0.15) is 0 Å². The highest BCUT2D eigenvalue weighted by molar-refractivity contribution is 5.85. The van der Waals surface area contributed by atoms with Crippen LogP contribution in [0.5, 0.6) is 0 Å². The summed E-state index contributed by atoms with van der Waals surface area (Å²) < 4.78 is 4.52. The molecular weight excluding hydrogens is 212 g/mol. The van der Waals surface area contributed by atoms with E-state index in [4.69, 9.17) is 0 Å². The zero-order chi connectivity index (χ0) is 12.1. The molecule has 1 amide bonds. The van der Waals surface area contributed by atoms with E-state index >= 15 is 0 Å². The molecule has 6 nitrogen and oxygen atoms in total. The van der Waals surface area contributed by atoms with Gasteiger partial charge in [-0.3, -0.25) is 15.4 Å². The van der Waals surface area contributed by atoms with Crippen LogP contribution < -0.4 is 5.32 Å². The number of para-hydroxylation sites is 1. The minimum atomic E-state index is -1.36. The van der Waals surface area contributed by atoms with Gasteiger partial charge in [0.15, 0.2) is 0 Å². The number of carbonyl (C=O) groups excluding carboxylic acids is 1. The maximum Gasteiger partial charge on any atom is 0.416 e. The molecule has 6 heteroatoms. The Morgan fingerprint density at radius 1 is 1.50 bits per heavy atom. The van der Waals surface area contributed by atoms with E-state index in [1.54, 1.807) is 12.1 Å². The van der Waals surface area contributed by atoms with Gasteiger partial charge in [-0.05, 0) is 18.6 Å². The molecule has 1 N–H and O–H groups in total. The highest BCUT2D eigenvalue weighted by Crippen LogP contribution is 2.13. The molecule has 0 bridgehead atoms. The van der Waals surface area contributed by atoms with E-state index in [9.17, 15) is 14.9 Å². The standard InChI is InChI=1S/C10H12N2O4/c1-7-5-3-4-6-9(7)11-10(13)16-8(2)12(14)15/h3-6,8H,1-2H3,(H,11,13). The van der Waals surface area contributed by atoms with E-state index in [0.717, 1.165) is 5.56 Å². The zero-order valence-electron chi connectivity index (χ0n) is 8.97. The fourth-order valence-electron chi connectivity index (χ4n) is 1.05. The molecule has 1 atom stereocenters. The van der Waals surface area contributed by atoms with E-state index in [1.165, 1.54) is 6.92 Å². The molecule has 1 aromatic rings. The first-order valence-corrected chi connectivity index (χ1v) is 4.67. The van der Waals surface area contributed by atoms with E-state index in [0.29, 0.717) is 5.69 Å². The number of anilines is 1. The van der Waals surface area contributed by atoms with Gasteiger partial charge in [0.25, 0.3) is 0 Å². The second-order valence-electron chi connectivity index (χ2n) is 3.23. The van der Waals surface area contributed by atoms with Crippen molar-refractivity contribution in [2.24, 2.45) is 0 Å². The first kappa shape index (κ1) is 12.0. The van der Waals surface area contributed by atoms with Gasteiger partial charge in [-0.25, -0.2) is 4.79 Å². The van der Waals surface area contributed by atoms with Gasteiger partial charge in [-0.2, -0.15) is 0 Å². The fraction of sp³-hybridized carbons (Fsp3) is 0.300. The lowest BCUT2D eigenvalue weighted by Crippen LogP contribution is -2.26. The second kappa shape index (κ2) is 5.11. The number of rotatable bonds is 3. The number of nitrogens with one attached hydrogen (secondary N) is 1. The van der Waals surface area contributed by atoms with E-state index < -0.39 is 17.2 Å². The third-order valence-corrected chi connectivity index (χ3v) is 1.96. The van der Waals surface area contributed by atoms with Crippen LogP contribution in [0.1, 0.15) is 12.5 Å². The van der Waals surface area contributed by atoms with Gasteiger partial charge in [-0.1, -0.05) is 18.2 Å². The largest absolute Gasteiger partial charge is 0.416 e. The molecule has 86 valence electrons. The minimum absolute atomic E-state index is 0.572. The maximum atomic E-state index is 11.2. The van der Waals surface area contributed by atoms with Gasteiger partial charge >= 0.3 is 12.3 Å². The van der Waals surface area contributed by atoms with Crippen molar-refractivity contribution in [2.45, 2.75) is 20.1 Å². The monoisotopic (exact) mass is 224 g/mol. The third-order valence-electron chi connectivity index (χ3n) is 1.96. The molecule has 0 aliphatic carbocycles. The van der Waals surface area contributed by atoms with Gasteiger partial charge in [0.2, 0.25) is 0 Å². The van der Waals surface area contributed by atoms with Crippen molar-refractivity contribution in [3.05, 3.63) is 39.9 Å². The van der Waals surface area contributed by atoms with Crippen molar-refractivity contribution >= 4 is 11.8 Å². The molecule has 1 rings (SSSR count). The molecule has 0 spiro atoms. The number of carbonyl (C=O) groups is 1. The highest BCUT2D eigenvalue weighted by atomic mass is 16.7. The van der Waals surface area contributed by atoms with Crippen LogP contribution in [0.2, 0.25) is 0 Å². The van der Waals surface area contributed by atoms with Crippen molar-refractivity contribution in [2.75, 3.05) is 5.32 Å². The Hall–Kier alpha value is -2.11. The van der Waals surface area contributed by atoms with Crippen LogP contribution in [0.15, 0.2) is 24.3 Å². The van der Waals surface area contributed by atoms with E-state index in [2.05, 4.69) is 10.1 Å². The minimum Gasteiger partial charge on any atom is -0.381 e. The maximum absolute atomic E-state index is 11.2. The smallest absolute Gasteiger partial charge is 0.381 e. The number of hydrogen-bond donors (Lipinski definition) is 1. The summed E-state index contributed by atoms with van der Waals surface area (Å²) >= 11 is 0. The van der Waals surface area contributed by atoms with Crippen molar-refractivity contribution < 1.29 is 14.5 Å². The number of amides is 1. The van der Waals surface area contributed by atoms with E-state index in [1.807, 2.05) is 19.1 Å². The molecule has 0 heterocycles. The van der Waals surface area contributed by atoms with Crippen LogP contribution in [-0.2, 0) is 4.74 Å². The normalized spacial score (nSPS) is 11.6. The number of aryl methyl sites for hydroxylation is 1. The fourth-order valence-corrected chi connectivity index (χ4v) is 1.05. The van der Waals surface area contributed by atoms with Crippen molar-refractivity contribution in [1.29, 1.82) is 0 Å². The lowest BCUT2D eigenvalue weighted by Gasteiger charge is -2.09. The van der Waals surface area contributed by atoms with Crippen LogP contribution in [0.4, 0.5) is 10.5 Å². The summed E-state index contributed by atoms with van der Waals surface area (Å²) in [6.45, 7) is 3.00. The quantitative estimate of drug-likeness (QED) is 0.484. The Bertz CT molecular complexity index is 406. The molecule has 0 saturated carbocycles. The van der Waals surface area contributed by atoms with Crippen molar-refractivity contribution in [1.82, 2.24) is 0 Å². The summed E-state index contributed by atoms with van der Waals surface area (Å²) in [6.07, 6.45) is -2.19. The number of nitrogens with zero attached hydrogens (tertiary/aromatic N) is 1. The molecular formula is C10H12N2O4. The highest BCUT2D eigenvalue weighted by Gasteiger charge is 2.18. The molecule has 0 aromatic heterocycles. The number of hydrogen-bond acceptors (Lipinski definition) is 4. The summed E-state index contributed by atoms with van der Waals surface area (Å²) in [4.78, 5) is 20.8. The summed E-state index contributed by atoms with van der Waals surface area (Å²) in [5.41, 5.74) is 1.43. The first-order valence-electron chi connectivity index (χ1n) is 4.67. The molecule has 0 fully saturated rings. The number of benzene rings is 1. The third kappa shape index (κ3) is 3.23. The zero-order valence-corrected chi connectivity index (χ0v) is 8.97. The van der Waals surface area contributed by atoms with Crippen LogP contribution in [0.25, 0.3) is 0 Å². The Morgan fingerprint density at radius 3 is 2.69 bits per heavy atom. The van der Waals surface area contributed by atoms with Crippen molar-refractivity contribution in [3.8, 4) is 0 Å². The SMILES string of the molecule is Cc1ccccc1NC(=O)OC(C)[N+](=O)[O-]. The van der Waals surface area contributed by atoms with Gasteiger partial charge in [0.05, 0.1) is 4.92 Å². The average Bonchev–Trinajstić information content (AvgIpc) is 2.21. The molecule has 1 aromatic carbocycles. The Kier molecular flexibility index (Phi) is 3.82. The lowest BCUT2D eigenvalue weighted by molar-refractivity contribution is -0.561. The predicted octanol–water partition coefficient (Wildman–Crippen LogP) is 2.17.